The second-order valence-electron chi connectivity index (χ2n) is 6.16. The van der Waals surface area contributed by atoms with Gasteiger partial charge in [0.1, 0.15) is 5.82 Å². The van der Waals surface area contributed by atoms with E-state index >= 15 is 0 Å². The van der Waals surface area contributed by atoms with Crippen molar-refractivity contribution in [3.05, 3.63) is 66.0 Å². The lowest BCUT2D eigenvalue weighted by molar-refractivity contribution is 0.770. The second kappa shape index (κ2) is 5.26. The minimum absolute atomic E-state index is 0.507. The highest BCUT2D eigenvalue weighted by atomic mass is 15.4. The van der Waals surface area contributed by atoms with Crippen LogP contribution in [-0.2, 0) is 6.42 Å². The van der Waals surface area contributed by atoms with Gasteiger partial charge in [-0.1, -0.05) is 24.3 Å². The molecule has 1 N–H and O–H groups in total. The maximum atomic E-state index is 4.79. The molecule has 0 saturated heterocycles. The summed E-state index contributed by atoms with van der Waals surface area (Å²) in [5, 5.41) is 13.4. The first kappa shape index (κ1) is 13.4. The fourth-order valence-corrected chi connectivity index (χ4v) is 2.96. The van der Waals surface area contributed by atoms with Crippen molar-refractivity contribution < 1.29 is 0 Å². The number of aromatic nitrogens is 6. The first-order valence-electron chi connectivity index (χ1n) is 8.18. The van der Waals surface area contributed by atoms with E-state index in [1.807, 2.05) is 41.1 Å². The summed E-state index contributed by atoms with van der Waals surface area (Å²) in [6.45, 7) is 0. The van der Waals surface area contributed by atoms with Crippen LogP contribution in [0.25, 0.3) is 16.7 Å². The van der Waals surface area contributed by atoms with E-state index in [9.17, 15) is 0 Å². The largest absolute Gasteiger partial charge is 0.281 e. The number of H-pyrrole nitrogens is 1. The molecule has 0 bridgehead atoms. The highest BCUT2D eigenvalue weighted by Crippen LogP contribution is 2.38. The molecule has 0 amide bonds. The lowest BCUT2D eigenvalue weighted by atomic mass is 10.1. The molecule has 4 aromatic rings. The lowest BCUT2D eigenvalue weighted by Gasteiger charge is -2.04. The van der Waals surface area contributed by atoms with Gasteiger partial charge in [-0.05, 0) is 31.0 Å². The van der Waals surface area contributed by atoms with Crippen molar-refractivity contribution >= 4 is 10.9 Å². The highest BCUT2D eigenvalue weighted by Gasteiger charge is 2.29. The Balaban J connectivity index is 1.59. The zero-order valence-corrected chi connectivity index (χ0v) is 13.1. The van der Waals surface area contributed by atoms with Crippen molar-refractivity contribution in [3.63, 3.8) is 0 Å². The van der Waals surface area contributed by atoms with E-state index < -0.39 is 0 Å². The van der Waals surface area contributed by atoms with Gasteiger partial charge in [-0.2, -0.15) is 9.78 Å². The van der Waals surface area contributed by atoms with Crippen LogP contribution < -0.4 is 0 Å². The minimum Gasteiger partial charge on any atom is -0.281 e. The quantitative estimate of drug-likeness (QED) is 0.628. The molecule has 118 valence electrons. The summed E-state index contributed by atoms with van der Waals surface area (Å²) in [5.74, 6) is 3.13. The van der Waals surface area contributed by atoms with Gasteiger partial charge in [-0.15, -0.1) is 5.10 Å². The third-order valence-corrected chi connectivity index (χ3v) is 4.37. The number of pyridine rings is 1. The normalized spacial score (nSPS) is 14.3. The average molecular weight is 316 g/mol. The Kier molecular flexibility index (Phi) is 2.94. The van der Waals surface area contributed by atoms with Crippen molar-refractivity contribution in [2.75, 3.05) is 0 Å². The number of nitrogens with one attached hydrogen (secondary N) is 1. The van der Waals surface area contributed by atoms with Gasteiger partial charge in [-0.3, -0.25) is 5.10 Å². The van der Waals surface area contributed by atoms with E-state index in [0.29, 0.717) is 12.3 Å². The smallest absolute Gasteiger partial charge is 0.155 e. The minimum atomic E-state index is 0.507. The van der Waals surface area contributed by atoms with Crippen molar-refractivity contribution in [2.45, 2.75) is 25.2 Å². The van der Waals surface area contributed by atoms with Crippen molar-refractivity contribution in [1.29, 1.82) is 0 Å². The third kappa shape index (κ3) is 2.27. The number of aromatic amines is 1. The predicted molar refractivity (Wildman–Crippen MR) is 90.0 cm³/mol. The SMILES string of the molecule is c1ccc(-n2nc(C3CC3)nc2Cc2[nH]nc3ccccc23)nc1. The molecule has 1 fully saturated rings. The average Bonchev–Trinajstić information content (AvgIpc) is 3.28. The van der Waals surface area contributed by atoms with Crippen LogP contribution in [0.1, 0.15) is 36.1 Å². The van der Waals surface area contributed by atoms with E-state index in [1.54, 1.807) is 6.20 Å². The summed E-state index contributed by atoms with van der Waals surface area (Å²) in [4.78, 5) is 9.22. The zero-order valence-electron chi connectivity index (χ0n) is 13.1. The molecule has 24 heavy (non-hydrogen) atoms. The second-order valence-corrected chi connectivity index (χ2v) is 6.16. The topological polar surface area (TPSA) is 72.3 Å². The highest BCUT2D eigenvalue weighted by molar-refractivity contribution is 5.81. The monoisotopic (exact) mass is 316 g/mol. The van der Waals surface area contributed by atoms with Crippen LogP contribution in [0.2, 0.25) is 0 Å². The Labute approximate surface area is 138 Å². The molecule has 0 atom stereocenters. The van der Waals surface area contributed by atoms with Gasteiger partial charge in [0.2, 0.25) is 0 Å². The Morgan fingerprint density at radius 2 is 1.96 bits per heavy atom. The standard InChI is InChI=1S/C18H16N6/c1-2-6-14-13(5-1)15(22-21-14)11-17-20-18(12-8-9-12)23-24(17)16-7-3-4-10-19-16/h1-7,10,12H,8-9,11H2,(H,21,22). The van der Waals surface area contributed by atoms with Crippen LogP contribution in [0.5, 0.6) is 0 Å². The van der Waals surface area contributed by atoms with Gasteiger partial charge in [-0.25, -0.2) is 9.97 Å². The number of benzene rings is 1. The van der Waals surface area contributed by atoms with Crippen molar-refractivity contribution in [3.8, 4) is 5.82 Å². The van der Waals surface area contributed by atoms with Crippen LogP contribution in [0.4, 0.5) is 0 Å². The fourth-order valence-electron chi connectivity index (χ4n) is 2.96. The van der Waals surface area contributed by atoms with Gasteiger partial charge in [0.05, 0.1) is 17.6 Å². The first-order valence-corrected chi connectivity index (χ1v) is 8.18. The summed E-state index contributed by atoms with van der Waals surface area (Å²) in [6.07, 6.45) is 4.79. The van der Waals surface area contributed by atoms with E-state index in [2.05, 4.69) is 21.2 Å². The fraction of sp³-hybridized carbons (Fsp3) is 0.222. The zero-order chi connectivity index (χ0) is 15.9. The number of nitrogens with zero attached hydrogens (tertiary/aromatic N) is 5. The molecule has 1 aliphatic rings. The van der Waals surface area contributed by atoms with Crippen LogP contribution in [0.3, 0.4) is 0 Å². The molecule has 1 saturated carbocycles. The van der Waals surface area contributed by atoms with Crippen LogP contribution in [0, 0.1) is 0 Å². The van der Waals surface area contributed by atoms with Gasteiger partial charge < -0.3 is 0 Å². The Morgan fingerprint density at radius 3 is 2.79 bits per heavy atom. The molecule has 3 heterocycles. The molecule has 6 nitrogen and oxygen atoms in total. The molecule has 0 aliphatic heterocycles. The number of fused-ring (bicyclic) bond motifs is 1. The molecule has 1 aliphatic carbocycles. The molecule has 3 aromatic heterocycles. The van der Waals surface area contributed by atoms with Crippen LogP contribution in [0.15, 0.2) is 48.7 Å². The summed E-state index contributed by atoms with van der Waals surface area (Å²) in [5.41, 5.74) is 2.02. The van der Waals surface area contributed by atoms with E-state index in [4.69, 9.17) is 10.1 Å². The molecule has 6 heteroatoms. The first-order chi connectivity index (χ1) is 11.9. The van der Waals surface area contributed by atoms with Gasteiger partial charge in [0.25, 0.3) is 0 Å². The van der Waals surface area contributed by atoms with Crippen molar-refractivity contribution in [2.24, 2.45) is 0 Å². The Hall–Kier alpha value is -3.02. The number of rotatable bonds is 4. The van der Waals surface area contributed by atoms with Crippen molar-refractivity contribution in [1.82, 2.24) is 29.9 Å². The molecule has 1 aromatic carbocycles. The maximum Gasteiger partial charge on any atom is 0.155 e. The summed E-state index contributed by atoms with van der Waals surface area (Å²) < 4.78 is 1.86. The van der Waals surface area contributed by atoms with Gasteiger partial charge in [0, 0.05) is 17.5 Å². The lowest BCUT2D eigenvalue weighted by Crippen LogP contribution is -2.06. The van der Waals surface area contributed by atoms with E-state index in [1.165, 1.54) is 12.8 Å². The molecule has 0 unspecified atom stereocenters. The number of hydrogen-bond acceptors (Lipinski definition) is 4. The summed E-state index contributed by atoms with van der Waals surface area (Å²) >= 11 is 0. The van der Waals surface area contributed by atoms with Crippen LogP contribution >= 0.6 is 0 Å². The van der Waals surface area contributed by atoms with Gasteiger partial charge in [0.15, 0.2) is 11.6 Å². The van der Waals surface area contributed by atoms with E-state index in [0.717, 1.165) is 34.1 Å². The number of para-hydroxylation sites is 1. The molecule has 0 spiro atoms. The Morgan fingerprint density at radius 1 is 1.08 bits per heavy atom. The summed E-state index contributed by atoms with van der Waals surface area (Å²) in [6, 6.07) is 13.9. The molecular weight excluding hydrogens is 300 g/mol. The molecular formula is C18H16N6. The summed E-state index contributed by atoms with van der Waals surface area (Å²) in [7, 11) is 0. The molecule has 5 rings (SSSR count). The Bertz CT molecular complexity index is 997. The number of hydrogen-bond donors (Lipinski definition) is 1. The molecule has 0 radical (unpaired) electrons. The maximum absolute atomic E-state index is 4.79. The third-order valence-electron chi connectivity index (χ3n) is 4.37. The van der Waals surface area contributed by atoms with E-state index in [-0.39, 0.29) is 0 Å². The predicted octanol–water partition coefficient (Wildman–Crippen LogP) is 3.01. The van der Waals surface area contributed by atoms with Crippen LogP contribution in [-0.4, -0.2) is 29.9 Å². The van der Waals surface area contributed by atoms with Gasteiger partial charge >= 0.3 is 0 Å².